The van der Waals surface area contributed by atoms with Gasteiger partial charge >= 0.3 is 0 Å². The Balaban J connectivity index is 1.92. The molecule has 0 radical (unpaired) electrons. The number of rotatable bonds is 4. The predicted octanol–water partition coefficient (Wildman–Crippen LogP) is 1.74. The minimum Gasteiger partial charge on any atom is -0.381 e. The molecule has 0 amide bonds. The van der Waals surface area contributed by atoms with E-state index in [-0.39, 0.29) is 5.54 Å². The van der Waals surface area contributed by atoms with Crippen molar-refractivity contribution in [3.05, 3.63) is 22.4 Å². The molecule has 1 aliphatic rings. The zero-order valence-electron chi connectivity index (χ0n) is 9.58. The molecule has 1 aliphatic heterocycles. The predicted molar refractivity (Wildman–Crippen MR) is 67.6 cm³/mol. The number of hydrogen-bond donors (Lipinski definition) is 2. The molecule has 1 unspecified atom stereocenters. The summed E-state index contributed by atoms with van der Waals surface area (Å²) in [6.45, 7) is 3.33. The molecule has 1 aromatic rings. The van der Waals surface area contributed by atoms with E-state index in [4.69, 9.17) is 10.5 Å². The summed E-state index contributed by atoms with van der Waals surface area (Å²) in [6.07, 6.45) is 3.25. The van der Waals surface area contributed by atoms with Crippen molar-refractivity contribution in [1.29, 1.82) is 0 Å². The molecule has 1 atom stereocenters. The van der Waals surface area contributed by atoms with Crippen molar-refractivity contribution < 1.29 is 4.74 Å². The van der Waals surface area contributed by atoms with E-state index < -0.39 is 0 Å². The van der Waals surface area contributed by atoms with E-state index in [1.165, 1.54) is 4.88 Å². The van der Waals surface area contributed by atoms with Gasteiger partial charge in [-0.15, -0.1) is 11.3 Å². The molecule has 0 spiro atoms. The maximum atomic E-state index is 5.93. The maximum Gasteiger partial charge on any atom is 0.0484 e. The molecule has 1 saturated heterocycles. The Morgan fingerprint density at radius 1 is 1.44 bits per heavy atom. The first kappa shape index (κ1) is 12.0. The van der Waals surface area contributed by atoms with Gasteiger partial charge in [-0.05, 0) is 30.7 Å². The minimum absolute atomic E-state index is 0.0838. The quantitative estimate of drug-likeness (QED) is 0.842. The lowest BCUT2D eigenvalue weighted by molar-refractivity contribution is 0.137. The average Bonchev–Trinajstić information content (AvgIpc) is 2.72. The second kappa shape index (κ2) is 5.77. The van der Waals surface area contributed by atoms with E-state index in [1.807, 2.05) is 0 Å². The smallest absolute Gasteiger partial charge is 0.0484 e. The fourth-order valence-electron chi connectivity index (χ4n) is 2.15. The monoisotopic (exact) mass is 240 g/mol. The van der Waals surface area contributed by atoms with Crippen LogP contribution in [-0.2, 0) is 11.3 Å². The molecule has 0 bridgehead atoms. The van der Waals surface area contributed by atoms with E-state index in [9.17, 15) is 0 Å². The third-order valence-electron chi connectivity index (χ3n) is 3.28. The van der Waals surface area contributed by atoms with E-state index in [1.54, 1.807) is 11.3 Å². The number of nitrogens with two attached hydrogens (primary N) is 1. The van der Waals surface area contributed by atoms with Gasteiger partial charge in [0.1, 0.15) is 0 Å². The van der Waals surface area contributed by atoms with Crippen LogP contribution < -0.4 is 11.1 Å². The highest BCUT2D eigenvalue weighted by molar-refractivity contribution is 7.09. The Labute approximate surface area is 101 Å². The highest BCUT2D eigenvalue weighted by Gasteiger charge is 2.29. The Bertz CT molecular complexity index is 292. The summed E-state index contributed by atoms with van der Waals surface area (Å²) >= 11 is 1.79. The molecule has 0 aromatic carbocycles. The van der Waals surface area contributed by atoms with Crippen molar-refractivity contribution in [2.45, 2.75) is 31.3 Å². The van der Waals surface area contributed by atoms with Crippen molar-refractivity contribution in [3.8, 4) is 0 Å². The first-order valence-corrected chi connectivity index (χ1v) is 6.78. The van der Waals surface area contributed by atoms with Crippen LogP contribution in [0.5, 0.6) is 0 Å². The van der Waals surface area contributed by atoms with Gasteiger partial charge in [-0.2, -0.15) is 0 Å². The first-order valence-electron chi connectivity index (χ1n) is 5.90. The van der Waals surface area contributed by atoms with Crippen LogP contribution >= 0.6 is 11.3 Å². The van der Waals surface area contributed by atoms with Crippen LogP contribution in [0.2, 0.25) is 0 Å². The van der Waals surface area contributed by atoms with Gasteiger partial charge in [0.25, 0.3) is 0 Å². The van der Waals surface area contributed by atoms with E-state index in [0.717, 1.165) is 39.0 Å². The van der Waals surface area contributed by atoms with Crippen LogP contribution in [-0.4, -0.2) is 25.3 Å². The number of thiophene rings is 1. The standard InChI is InChI=1S/C12H20N2OS/c13-10-12(4-2-6-15-7-5-12)14-9-11-3-1-8-16-11/h1,3,8,14H,2,4-7,9-10,13H2. The molecule has 2 heterocycles. The molecule has 0 saturated carbocycles. The van der Waals surface area contributed by atoms with Gasteiger partial charge < -0.3 is 15.8 Å². The molecular formula is C12H20N2OS. The van der Waals surface area contributed by atoms with E-state index in [0.29, 0.717) is 6.54 Å². The second-order valence-electron chi connectivity index (χ2n) is 4.38. The summed E-state index contributed by atoms with van der Waals surface area (Å²) in [7, 11) is 0. The van der Waals surface area contributed by atoms with Crippen LogP contribution in [0.1, 0.15) is 24.1 Å². The molecule has 2 rings (SSSR count). The molecule has 90 valence electrons. The first-order chi connectivity index (χ1) is 7.85. The fraction of sp³-hybridized carbons (Fsp3) is 0.667. The van der Waals surface area contributed by atoms with E-state index in [2.05, 4.69) is 22.8 Å². The van der Waals surface area contributed by atoms with Crippen LogP contribution in [0.3, 0.4) is 0 Å². The largest absolute Gasteiger partial charge is 0.381 e. The zero-order chi connectivity index (χ0) is 11.3. The fourth-order valence-corrected chi connectivity index (χ4v) is 2.79. The van der Waals surface area contributed by atoms with Gasteiger partial charge in [-0.25, -0.2) is 0 Å². The molecule has 1 fully saturated rings. The SMILES string of the molecule is NCC1(NCc2cccs2)CCCOCC1. The summed E-state index contributed by atoms with van der Waals surface area (Å²) in [5.74, 6) is 0. The zero-order valence-corrected chi connectivity index (χ0v) is 10.4. The molecule has 3 nitrogen and oxygen atoms in total. The maximum absolute atomic E-state index is 5.93. The summed E-state index contributed by atoms with van der Waals surface area (Å²) in [5.41, 5.74) is 6.02. The second-order valence-corrected chi connectivity index (χ2v) is 5.42. The number of ether oxygens (including phenoxy) is 1. The Kier molecular flexibility index (Phi) is 4.35. The van der Waals surface area contributed by atoms with Gasteiger partial charge in [-0.3, -0.25) is 0 Å². The number of nitrogens with one attached hydrogen (secondary N) is 1. The lowest BCUT2D eigenvalue weighted by Gasteiger charge is -2.32. The van der Waals surface area contributed by atoms with Crippen LogP contribution in [0, 0.1) is 0 Å². The highest BCUT2D eigenvalue weighted by atomic mass is 32.1. The van der Waals surface area contributed by atoms with Crippen molar-refractivity contribution in [1.82, 2.24) is 5.32 Å². The van der Waals surface area contributed by atoms with Crippen LogP contribution in [0.25, 0.3) is 0 Å². The normalized spacial score (nSPS) is 26.6. The molecule has 3 N–H and O–H groups in total. The van der Waals surface area contributed by atoms with Crippen molar-refractivity contribution in [2.24, 2.45) is 5.73 Å². The lowest BCUT2D eigenvalue weighted by Crippen LogP contribution is -2.50. The lowest BCUT2D eigenvalue weighted by atomic mass is 9.90. The third-order valence-corrected chi connectivity index (χ3v) is 4.15. The van der Waals surface area contributed by atoms with E-state index >= 15 is 0 Å². The van der Waals surface area contributed by atoms with Gasteiger partial charge in [0, 0.05) is 36.7 Å². The van der Waals surface area contributed by atoms with Gasteiger partial charge in [0.2, 0.25) is 0 Å². The van der Waals surface area contributed by atoms with Crippen molar-refractivity contribution in [3.63, 3.8) is 0 Å². The van der Waals surface area contributed by atoms with Gasteiger partial charge in [-0.1, -0.05) is 6.07 Å². The molecule has 16 heavy (non-hydrogen) atoms. The summed E-state index contributed by atoms with van der Waals surface area (Å²) < 4.78 is 5.50. The van der Waals surface area contributed by atoms with Crippen molar-refractivity contribution >= 4 is 11.3 Å². The highest BCUT2D eigenvalue weighted by Crippen LogP contribution is 2.21. The molecule has 1 aromatic heterocycles. The molecule has 4 heteroatoms. The van der Waals surface area contributed by atoms with Gasteiger partial charge in [0.05, 0.1) is 0 Å². The Hall–Kier alpha value is -0.420. The Morgan fingerprint density at radius 2 is 2.38 bits per heavy atom. The van der Waals surface area contributed by atoms with Crippen LogP contribution in [0.4, 0.5) is 0 Å². The van der Waals surface area contributed by atoms with Crippen LogP contribution in [0.15, 0.2) is 17.5 Å². The minimum atomic E-state index is 0.0838. The van der Waals surface area contributed by atoms with Crippen molar-refractivity contribution in [2.75, 3.05) is 19.8 Å². The third kappa shape index (κ3) is 3.04. The molecular weight excluding hydrogens is 220 g/mol. The number of hydrogen-bond acceptors (Lipinski definition) is 4. The molecule has 0 aliphatic carbocycles. The van der Waals surface area contributed by atoms with Gasteiger partial charge in [0.15, 0.2) is 0 Å². The topological polar surface area (TPSA) is 47.3 Å². The average molecular weight is 240 g/mol. The summed E-state index contributed by atoms with van der Waals surface area (Å²) in [5, 5.41) is 5.75. The summed E-state index contributed by atoms with van der Waals surface area (Å²) in [4.78, 5) is 1.37. The summed E-state index contributed by atoms with van der Waals surface area (Å²) in [6, 6.07) is 4.25. The Morgan fingerprint density at radius 3 is 3.12 bits per heavy atom.